The molecule has 4 nitrogen and oxygen atoms in total. The molecule has 1 N–H and O–H groups in total. The van der Waals surface area contributed by atoms with E-state index in [1.807, 2.05) is 12.1 Å². The number of esters is 1. The average Bonchev–Trinajstić information content (AvgIpc) is 2.87. The van der Waals surface area contributed by atoms with Gasteiger partial charge in [-0.25, -0.2) is 4.79 Å². The molecule has 0 aromatic heterocycles. The number of thioether (sulfide) groups is 1. The van der Waals surface area contributed by atoms with Crippen molar-refractivity contribution >= 4 is 68.8 Å². The molecule has 0 spiro atoms. The van der Waals surface area contributed by atoms with Crippen LogP contribution in [0.25, 0.3) is 6.08 Å². The Kier molecular flexibility index (Phi) is 5.32. The lowest BCUT2D eigenvalue weighted by molar-refractivity contribution is -0.115. The monoisotopic (exact) mass is 467 g/mol. The van der Waals surface area contributed by atoms with Crippen molar-refractivity contribution in [1.29, 1.82) is 0 Å². The number of rotatable bonds is 3. The number of nitrogens with one attached hydrogen (secondary N) is 1. The molecule has 1 aliphatic rings. The quantitative estimate of drug-likeness (QED) is 0.243. The second-order valence-electron chi connectivity index (χ2n) is 4.82. The number of hydrogen-bond acceptors (Lipinski definition) is 5. The van der Waals surface area contributed by atoms with Crippen LogP contribution in [-0.2, 0) is 4.79 Å². The maximum Gasteiger partial charge on any atom is 0.343 e. The van der Waals surface area contributed by atoms with E-state index in [-0.39, 0.29) is 5.91 Å². The Balaban J connectivity index is 1.71. The minimum atomic E-state index is -0.407. The predicted octanol–water partition coefficient (Wildman–Crippen LogP) is 4.00. The molecule has 3 rings (SSSR count). The third-order valence-corrected chi connectivity index (χ3v) is 4.92. The van der Waals surface area contributed by atoms with Crippen LogP contribution >= 0.6 is 46.6 Å². The van der Waals surface area contributed by atoms with Crippen LogP contribution in [-0.4, -0.2) is 16.2 Å². The van der Waals surface area contributed by atoms with Crippen molar-refractivity contribution < 1.29 is 14.3 Å². The first-order valence-corrected chi connectivity index (χ1v) is 9.14. The number of hydrogen-bond donors (Lipinski definition) is 1. The highest BCUT2D eigenvalue weighted by molar-refractivity contribution is 14.1. The molecule has 1 heterocycles. The summed E-state index contributed by atoms with van der Waals surface area (Å²) in [7, 11) is 0. The van der Waals surface area contributed by atoms with Gasteiger partial charge in [0.05, 0.1) is 10.5 Å². The van der Waals surface area contributed by atoms with Gasteiger partial charge in [0.25, 0.3) is 5.91 Å². The number of amides is 1. The van der Waals surface area contributed by atoms with Crippen LogP contribution in [0.1, 0.15) is 15.9 Å². The number of carbonyl (C=O) groups is 2. The molecular weight excluding hydrogens is 457 g/mol. The number of carbonyl (C=O) groups excluding carboxylic acids is 2. The van der Waals surface area contributed by atoms with Crippen LogP contribution in [0.4, 0.5) is 0 Å². The summed E-state index contributed by atoms with van der Waals surface area (Å²) in [5.74, 6) is -0.157. The third kappa shape index (κ3) is 4.22. The Morgan fingerprint density at radius 2 is 1.96 bits per heavy atom. The minimum absolute atomic E-state index is 0.195. The molecule has 7 heteroatoms. The fourth-order valence-electron chi connectivity index (χ4n) is 1.99. The van der Waals surface area contributed by atoms with Crippen LogP contribution in [0.2, 0.25) is 0 Å². The van der Waals surface area contributed by atoms with E-state index in [4.69, 9.17) is 17.0 Å². The van der Waals surface area contributed by atoms with Crippen molar-refractivity contribution in [3.05, 3.63) is 68.1 Å². The summed E-state index contributed by atoms with van der Waals surface area (Å²) in [6.07, 6.45) is 1.74. The molecule has 1 fully saturated rings. The van der Waals surface area contributed by atoms with Gasteiger partial charge in [0.1, 0.15) is 10.1 Å². The lowest BCUT2D eigenvalue weighted by Gasteiger charge is -2.05. The number of thiocarbonyl (C=S) groups is 1. The minimum Gasteiger partial charge on any atom is -0.423 e. The maximum atomic E-state index is 12.1. The van der Waals surface area contributed by atoms with Crippen LogP contribution in [0.3, 0.4) is 0 Å². The zero-order chi connectivity index (χ0) is 17.1. The van der Waals surface area contributed by atoms with E-state index in [0.717, 1.165) is 9.13 Å². The molecule has 0 saturated carbocycles. The van der Waals surface area contributed by atoms with Crippen molar-refractivity contribution in [1.82, 2.24) is 5.32 Å². The molecule has 120 valence electrons. The largest absolute Gasteiger partial charge is 0.423 e. The molecule has 1 amide bonds. The van der Waals surface area contributed by atoms with E-state index >= 15 is 0 Å². The van der Waals surface area contributed by atoms with E-state index in [2.05, 4.69) is 27.9 Å². The maximum absolute atomic E-state index is 12.1. The fourth-order valence-corrected chi connectivity index (χ4v) is 3.57. The van der Waals surface area contributed by atoms with Crippen LogP contribution in [0.5, 0.6) is 5.75 Å². The highest BCUT2D eigenvalue weighted by atomic mass is 127. The standard InChI is InChI=1S/C17H10INO3S2/c18-12-3-1-2-11(9-12)16(21)22-13-6-4-10(5-7-13)8-14-15(20)19-17(23)24-14/h1-9H,(H,19,20,23)/b14-8+. The van der Waals surface area contributed by atoms with Gasteiger partial charge in [-0.2, -0.15) is 0 Å². The Morgan fingerprint density at radius 1 is 1.21 bits per heavy atom. The van der Waals surface area contributed by atoms with Crippen molar-refractivity contribution in [2.75, 3.05) is 0 Å². The first-order chi connectivity index (χ1) is 11.5. The van der Waals surface area contributed by atoms with Gasteiger partial charge in [-0.05, 0) is 64.6 Å². The van der Waals surface area contributed by atoms with Gasteiger partial charge in [0.15, 0.2) is 0 Å². The lowest BCUT2D eigenvalue weighted by Crippen LogP contribution is -2.17. The van der Waals surface area contributed by atoms with Gasteiger partial charge in [-0.3, -0.25) is 4.79 Å². The summed E-state index contributed by atoms with van der Waals surface area (Å²) in [4.78, 5) is 24.3. The molecule has 0 atom stereocenters. The lowest BCUT2D eigenvalue weighted by atomic mass is 10.2. The second-order valence-corrected chi connectivity index (χ2v) is 7.79. The molecule has 0 aliphatic carbocycles. The Labute approximate surface area is 161 Å². The van der Waals surface area contributed by atoms with Gasteiger partial charge in [-0.1, -0.05) is 42.2 Å². The fraction of sp³-hybridized carbons (Fsp3) is 0. The first-order valence-electron chi connectivity index (χ1n) is 6.84. The first kappa shape index (κ1) is 17.1. The van der Waals surface area contributed by atoms with Crippen LogP contribution in [0.15, 0.2) is 53.4 Å². The van der Waals surface area contributed by atoms with E-state index in [1.54, 1.807) is 42.5 Å². The van der Waals surface area contributed by atoms with Gasteiger partial charge in [0.2, 0.25) is 0 Å². The molecule has 0 bridgehead atoms. The molecule has 1 aliphatic heterocycles. The van der Waals surface area contributed by atoms with E-state index in [1.165, 1.54) is 11.8 Å². The summed E-state index contributed by atoms with van der Waals surface area (Å²) in [5.41, 5.74) is 1.33. The van der Waals surface area contributed by atoms with Crippen LogP contribution in [0, 0.1) is 3.57 Å². The molecular formula is C17H10INO3S2. The third-order valence-electron chi connectivity index (χ3n) is 3.09. The smallest absolute Gasteiger partial charge is 0.343 e. The van der Waals surface area contributed by atoms with E-state index in [0.29, 0.717) is 20.5 Å². The SMILES string of the molecule is O=C1NC(=S)S/C1=C/c1ccc(OC(=O)c2cccc(I)c2)cc1. The van der Waals surface area contributed by atoms with E-state index in [9.17, 15) is 9.59 Å². The normalized spacial score (nSPS) is 15.5. The summed E-state index contributed by atoms with van der Waals surface area (Å²) in [6.45, 7) is 0. The number of benzene rings is 2. The summed E-state index contributed by atoms with van der Waals surface area (Å²) >= 11 is 8.32. The van der Waals surface area contributed by atoms with E-state index < -0.39 is 5.97 Å². The summed E-state index contributed by atoms with van der Waals surface area (Å²) < 4.78 is 6.77. The van der Waals surface area contributed by atoms with Crippen molar-refractivity contribution in [3.8, 4) is 5.75 Å². The van der Waals surface area contributed by atoms with Gasteiger partial charge in [-0.15, -0.1) is 0 Å². The Morgan fingerprint density at radius 3 is 2.58 bits per heavy atom. The number of halogens is 1. The molecule has 2 aromatic carbocycles. The Bertz CT molecular complexity index is 862. The Hall–Kier alpha value is -1.71. The topological polar surface area (TPSA) is 55.4 Å². The average molecular weight is 467 g/mol. The van der Waals surface area contributed by atoms with Gasteiger partial charge >= 0.3 is 5.97 Å². The van der Waals surface area contributed by atoms with Crippen LogP contribution < -0.4 is 10.1 Å². The van der Waals surface area contributed by atoms with Crippen molar-refractivity contribution in [2.24, 2.45) is 0 Å². The van der Waals surface area contributed by atoms with Crippen molar-refractivity contribution in [2.45, 2.75) is 0 Å². The van der Waals surface area contributed by atoms with Gasteiger partial charge in [0, 0.05) is 3.57 Å². The number of ether oxygens (including phenoxy) is 1. The molecule has 2 aromatic rings. The second kappa shape index (κ2) is 7.45. The van der Waals surface area contributed by atoms with Gasteiger partial charge < -0.3 is 10.1 Å². The summed E-state index contributed by atoms with van der Waals surface area (Å²) in [6, 6.07) is 14.1. The molecule has 24 heavy (non-hydrogen) atoms. The highest BCUT2D eigenvalue weighted by Gasteiger charge is 2.21. The summed E-state index contributed by atoms with van der Waals surface area (Å²) in [5, 5.41) is 2.56. The zero-order valence-electron chi connectivity index (χ0n) is 12.1. The highest BCUT2D eigenvalue weighted by Crippen LogP contribution is 2.26. The zero-order valence-corrected chi connectivity index (χ0v) is 15.9. The molecule has 0 radical (unpaired) electrons. The van der Waals surface area contributed by atoms with Crippen molar-refractivity contribution in [3.63, 3.8) is 0 Å². The predicted molar refractivity (Wildman–Crippen MR) is 107 cm³/mol. The molecule has 0 unspecified atom stereocenters. The molecule has 1 saturated heterocycles.